The van der Waals surface area contributed by atoms with E-state index in [1.54, 1.807) is 0 Å². The van der Waals surface area contributed by atoms with Crippen molar-refractivity contribution < 1.29 is 28.6 Å². The monoisotopic (exact) mass is 989 g/mol. The number of thiophene rings is 1. The Balaban J connectivity index is 0.000000197. The second-order valence-corrected chi connectivity index (χ2v) is 22.6. The van der Waals surface area contributed by atoms with E-state index >= 15 is 0 Å². The van der Waals surface area contributed by atoms with Crippen molar-refractivity contribution in [1.82, 2.24) is 14.5 Å². The Bertz CT molecular complexity index is 3040. The average molecular weight is 989 g/mol. The summed E-state index contributed by atoms with van der Waals surface area (Å²) in [7, 11) is -1.56. The van der Waals surface area contributed by atoms with Crippen LogP contribution in [0.4, 0.5) is 4.39 Å². The van der Waals surface area contributed by atoms with Crippen molar-refractivity contribution in [3.8, 4) is 39.5 Å². The number of benzene rings is 6. The summed E-state index contributed by atoms with van der Waals surface area (Å²) < 4.78 is 41.5. The Kier molecular flexibility index (Phi) is 11.2. The smallest absolute Gasteiger partial charge is 0.0798 e. The molecule has 0 atom stereocenters. The molecule has 0 saturated heterocycles. The van der Waals surface area contributed by atoms with Gasteiger partial charge in [0.05, 0.1) is 24.9 Å². The molecule has 0 N–H and O–H groups in total. The minimum absolute atomic E-state index is 0. The van der Waals surface area contributed by atoms with Gasteiger partial charge in [0.2, 0.25) is 0 Å². The molecule has 0 amide bonds. The zero-order valence-electron chi connectivity index (χ0n) is 37.4. The minimum Gasteiger partial charge on any atom is -0.333 e. The van der Waals surface area contributed by atoms with Crippen LogP contribution >= 0.6 is 11.3 Å². The van der Waals surface area contributed by atoms with Gasteiger partial charge in [0, 0.05) is 46.6 Å². The maximum absolute atomic E-state index is 14.5. The zero-order valence-corrected chi connectivity index (χ0v) is 38.6. The van der Waals surface area contributed by atoms with Gasteiger partial charge in [-0.1, -0.05) is 142 Å². The Morgan fingerprint density at radius 3 is 2.27 bits per heavy atom. The molecule has 6 aromatic carbocycles. The molecule has 0 aliphatic carbocycles. The molecule has 3 heterocycles. The molecular formula is C52H48FIrN3SSi-2. The van der Waals surface area contributed by atoms with E-state index in [1.165, 1.54) is 64.9 Å². The number of hydrogen-bond donors (Lipinski definition) is 0. The molecule has 9 aromatic rings. The number of halogens is 1. The molecule has 59 heavy (non-hydrogen) atoms. The van der Waals surface area contributed by atoms with Crippen LogP contribution in [0.25, 0.3) is 70.7 Å². The topological polar surface area (TPSA) is 30.7 Å². The van der Waals surface area contributed by atoms with Crippen molar-refractivity contribution in [3.63, 3.8) is 0 Å². The summed E-state index contributed by atoms with van der Waals surface area (Å²) in [6.07, 6.45) is 2.77. The van der Waals surface area contributed by atoms with E-state index in [4.69, 9.17) is 9.10 Å². The normalized spacial score (nSPS) is 12.5. The fraction of sp³-hybridized carbons (Fsp3) is 0.192. The molecule has 3 aromatic heterocycles. The van der Waals surface area contributed by atoms with Crippen LogP contribution in [0.15, 0.2) is 128 Å². The predicted octanol–water partition coefficient (Wildman–Crippen LogP) is 13.9. The summed E-state index contributed by atoms with van der Waals surface area (Å²) in [5, 5.41) is 3.81. The van der Waals surface area contributed by atoms with E-state index in [1.807, 2.05) is 23.6 Å². The summed E-state index contributed by atoms with van der Waals surface area (Å²) in [4.78, 5) is 9.57. The largest absolute Gasteiger partial charge is 0.333 e. The Morgan fingerprint density at radius 1 is 0.831 bits per heavy atom. The molecule has 7 heteroatoms. The number of rotatable bonds is 7. The number of fused-ring (bicyclic) bond motifs is 4. The quantitative estimate of drug-likeness (QED) is 0.118. The van der Waals surface area contributed by atoms with Gasteiger partial charge < -0.3 is 9.55 Å². The van der Waals surface area contributed by atoms with Crippen molar-refractivity contribution in [2.45, 2.75) is 60.6 Å². The first-order chi connectivity index (χ1) is 29.1. The van der Waals surface area contributed by atoms with E-state index in [2.05, 4.69) is 172 Å². The third-order valence-corrected chi connectivity index (χ3v) is 13.8. The molecular weight excluding hydrogens is 938 g/mol. The van der Waals surface area contributed by atoms with Crippen molar-refractivity contribution in [2.24, 2.45) is 5.92 Å². The molecule has 0 bridgehead atoms. The molecule has 0 aliphatic rings. The zero-order chi connectivity index (χ0) is 43.2. The van der Waals surface area contributed by atoms with Gasteiger partial charge in [-0.05, 0) is 81.5 Å². The average Bonchev–Trinajstić information content (AvgIpc) is 3.79. The molecule has 0 spiro atoms. The second-order valence-electron chi connectivity index (χ2n) is 16.5. The van der Waals surface area contributed by atoms with Crippen LogP contribution in [0.5, 0.6) is 0 Å². The summed E-state index contributed by atoms with van der Waals surface area (Å²) in [5.74, 6) is 0.809. The van der Waals surface area contributed by atoms with E-state index in [0.717, 1.165) is 34.9 Å². The van der Waals surface area contributed by atoms with Crippen LogP contribution < -0.4 is 5.19 Å². The number of pyridine rings is 1. The molecule has 0 aliphatic heterocycles. The fourth-order valence-electron chi connectivity index (χ4n) is 7.89. The van der Waals surface area contributed by atoms with Crippen LogP contribution in [-0.2, 0) is 26.5 Å². The number of para-hydroxylation sites is 3. The van der Waals surface area contributed by atoms with Crippen molar-refractivity contribution in [3.05, 3.63) is 168 Å². The maximum Gasteiger partial charge on any atom is 0.0798 e. The van der Waals surface area contributed by atoms with E-state index in [0.29, 0.717) is 11.6 Å². The molecule has 9 rings (SSSR count). The van der Waals surface area contributed by atoms with Gasteiger partial charge >= 0.3 is 0 Å². The fourth-order valence-corrected chi connectivity index (χ4v) is 10.7. The standard InChI is InChI=1S/C33H23N2S.C19H25FNSi.Ir/c1-21-10-8-11-22(2)31(21)35-29-17-7-6-16-28(29)34-33(35)24-18-19-30-27(20-24)26-15-9-14-25(32(26)36-30)23-12-4-3-5-13-23;1-13(2)9-15-11-18(21-12-19(15)22(4,5)6)16-8-7-14(3)10-17(16)20;/h3-17,19-20H,1-2H3;7,10-13H,9H2,1-6H3;/q2*-1;/i;3D3;. The molecule has 0 unspecified atom stereocenters. The number of nitrogens with zero attached hydrogens (tertiary/aromatic N) is 3. The van der Waals surface area contributed by atoms with Gasteiger partial charge in [0.25, 0.3) is 0 Å². The molecule has 0 saturated carbocycles. The minimum atomic E-state index is -2.34. The summed E-state index contributed by atoms with van der Waals surface area (Å²) in [5.41, 5.74) is 11.2. The summed E-state index contributed by atoms with van der Waals surface area (Å²) >= 11 is 1.84. The molecule has 299 valence electrons. The van der Waals surface area contributed by atoms with Gasteiger partial charge in [-0.15, -0.1) is 47.5 Å². The van der Waals surface area contributed by atoms with Gasteiger partial charge in [-0.2, -0.15) is 11.3 Å². The molecule has 1 radical (unpaired) electrons. The van der Waals surface area contributed by atoms with Crippen molar-refractivity contribution >= 4 is 55.8 Å². The van der Waals surface area contributed by atoms with Crippen LogP contribution in [0, 0.1) is 44.6 Å². The number of imidazole rings is 1. The Hall–Kier alpha value is -5.04. The third-order valence-electron chi connectivity index (χ3n) is 10.6. The van der Waals surface area contributed by atoms with E-state index < -0.39 is 20.7 Å². The van der Waals surface area contributed by atoms with E-state index in [-0.39, 0.29) is 31.2 Å². The van der Waals surface area contributed by atoms with Crippen molar-refractivity contribution in [1.29, 1.82) is 0 Å². The van der Waals surface area contributed by atoms with Gasteiger partial charge in [-0.3, -0.25) is 9.37 Å². The summed E-state index contributed by atoms with van der Waals surface area (Å²) in [6, 6.07) is 47.2. The van der Waals surface area contributed by atoms with Gasteiger partial charge in [0.1, 0.15) is 0 Å². The molecule has 0 fully saturated rings. The third kappa shape index (κ3) is 8.53. The molecule has 3 nitrogen and oxygen atoms in total. The first-order valence-electron chi connectivity index (χ1n) is 21.3. The van der Waals surface area contributed by atoms with Crippen LogP contribution in [0.3, 0.4) is 0 Å². The SMILES string of the molecule is Cc1cccc(C)c1-n1c(-c2[c-]cc3sc4c(-c5ccccc5)cccc4c3c2)nc2ccccc21.[2H]C([2H])([2H])c1c[c-]c(-c2cc(CC(C)C)c([Si](C)(C)C)cn2)c(F)c1.[Ir]. The number of aromatic nitrogens is 3. The van der Waals surface area contributed by atoms with Gasteiger partial charge in [0.15, 0.2) is 0 Å². The Labute approximate surface area is 370 Å². The number of hydrogen-bond acceptors (Lipinski definition) is 3. The van der Waals surface area contributed by atoms with Crippen LogP contribution in [0.2, 0.25) is 19.6 Å². The predicted molar refractivity (Wildman–Crippen MR) is 248 cm³/mol. The van der Waals surface area contributed by atoms with Crippen LogP contribution in [0.1, 0.15) is 40.2 Å². The first kappa shape index (κ1) is 38.2. The first-order valence-corrected chi connectivity index (χ1v) is 24.1. The van der Waals surface area contributed by atoms with Crippen molar-refractivity contribution in [2.75, 3.05) is 0 Å². The number of aryl methyl sites for hydroxylation is 3. The Morgan fingerprint density at radius 2 is 1.56 bits per heavy atom. The van der Waals surface area contributed by atoms with Crippen LogP contribution in [-0.4, -0.2) is 22.6 Å². The maximum atomic E-state index is 14.5. The van der Waals surface area contributed by atoms with E-state index in [9.17, 15) is 4.39 Å². The summed E-state index contributed by atoms with van der Waals surface area (Å²) in [6.45, 7) is 13.1. The second kappa shape index (κ2) is 17.3. The van der Waals surface area contributed by atoms with Gasteiger partial charge in [-0.25, -0.2) is 0 Å².